The van der Waals surface area contributed by atoms with Crippen molar-refractivity contribution < 1.29 is 22.7 Å². The lowest BCUT2D eigenvalue weighted by Crippen LogP contribution is -2.35. The van der Waals surface area contributed by atoms with Gasteiger partial charge in [0.05, 0.1) is 13.7 Å². The van der Waals surface area contributed by atoms with E-state index in [0.717, 1.165) is 23.9 Å². The number of para-hydroxylation sites is 1. The van der Waals surface area contributed by atoms with E-state index in [-0.39, 0.29) is 40.7 Å². The monoisotopic (exact) mass is 512 g/mol. The second-order valence-corrected chi connectivity index (χ2v) is 10.1. The highest BCUT2D eigenvalue weighted by molar-refractivity contribution is 7.89. The van der Waals surface area contributed by atoms with Crippen molar-refractivity contribution in [3.8, 4) is 11.5 Å². The lowest BCUT2D eigenvalue weighted by Gasteiger charge is -2.26. The molecule has 0 bridgehead atoms. The van der Waals surface area contributed by atoms with Gasteiger partial charge >= 0.3 is 0 Å². The highest BCUT2D eigenvalue weighted by Crippen LogP contribution is 2.31. The lowest BCUT2D eigenvalue weighted by atomic mass is 10.2. The number of anilines is 1. The largest absolute Gasteiger partial charge is 0.495 e. The summed E-state index contributed by atoms with van der Waals surface area (Å²) in [6.45, 7) is 1.23. The number of piperidine rings is 1. The van der Waals surface area contributed by atoms with E-state index in [2.05, 4.69) is 10.4 Å². The van der Waals surface area contributed by atoms with Crippen molar-refractivity contribution >= 4 is 21.6 Å². The second kappa shape index (κ2) is 11.4. The van der Waals surface area contributed by atoms with Gasteiger partial charge in [-0.15, -0.1) is 0 Å². The molecular formula is C25H28N4O6S. The molecule has 0 aliphatic carbocycles. The maximum Gasteiger partial charge on any atom is 0.276 e. The Kier molecular flexibility index (Phi) is 8.01. The minimum atomic E-state index is -3.79. The predicted octanol–water partition coefficient (Wildman–Crippen LogP) is 2.76. The van der Waals surface area contributed by atoms with Crippen LogP contribution in [-0.2, 0) is 16.6 Å². The molecule has 1 saturated heterocycles. The third kappa shape index (κ3) is 5.92. The molecule has 0 saturated carbocycles. The van der Waals surface area contributed by atoms with Gasteiger partial charge in [-0.3, -0.25) is 9.59 Å². The first-order chi connectivity index (χ1) is 17.4. The molecule has 2 heterocycles. The number of amides is 1. The molecule has 1 aliphatic heterocycles. The van der Waals surface area contributed by atoms with Crippen LogP contribution >= 0.6 is 0 Å². The van der Waals surface area contributed by atoms with E-state index in [1.54, 1.807) is 18.2 Å². The van der Waals surface area contributed by atoms with Gasteiger partial charge in [0.25, 0.3) is 11.5 Å². The van der Waals surface area contributed by atoms with Gasteiger partial charge in [0.1, 0.15) is 28.7 Å². The van der Waals surface area contributed by atoms with E-state index in [1.807, 2.05) is 18.2 Å². The van der Waals surface area contributed by atoms with Gasteiger partial charge < -0.3 is 14.8 Å². The van der Waals surface area contributed by atoms with Crippen LogP contribution in [0.3, 0.4) is 0 Å². The van der Waals surface area contributed by atoms with E-state index in [9.17, 15) is 18.0 Å². The van der Waals surface area contributed by atoms with E-state index in [4.69, 9.17) is 9.47 Å². The van der Waals surface area contributed by atoms with Gasteiger partial charge in [-0.2, -0.15) is 9.40 Å². The smallest absolute Gasteiger partial charge is 0.276 e. The molecular weight excluding hydrogens is 484 g/mol. The number of sulfonamides is 1. The number of ether oxygens (including phenoxy) is 2. The van der Waals surface area contributed by atoms with Gasteiger partial charge in [0, 0.05) is 24.8 Å². The van der Waals surface area contributed by atoms with Crippen LogP contribution in [0.5, 0.6) is 11.5 Å². The van der Waals surface area contributed by atoms with Crippen LogP contribution < -0.4 is 20.3 Å². The average molecular weight is 513 g/mol. The first-order valence-corrected chi connectivity index (χ1v) is 13.1. The van der Waals surface area contributed by atoms with Gasteiger partial charge in [0.2, 0.25) is 10.0 Å². The molecule has 4 rings (SSSR count). The standard InChI is InChI=1S/C25H28N4O6S/c1-34-22-12-10-19(18-23(22)36(32,33)28-14-6-3-7-15-28)26-25(31)21-11-13-24(30)29(27-21)16-17-35-20-8-4-2-5-9-20/h2,4-5,8-13,18H,3,6-7,14-17H2,1H3,(H,26,31). The summed E-state index contributed by atoms with van der Waals surface area (Å²) in [4.78, 5) is 25.1. The van der Waals surface area contributed by atoms with Crippen LogP contribution in [0.1, 0.15) is 29.8 Å². The van der Waals surface area contributed by atoms with E-state index >= 15 is 0 Å². The fraction of sp³-hybridized carbons (Fsp3) is 0.320. The molecule has 36 heavy (non-hydrogen) atoms. The molecule has 1 amide bonds. The molecule has 0 atom stereocenters. The number of nitrogens with one attached hydrogen (secondary N) is 1. The first-order valence-electron chi connectivity index (χ1n) is 11.6. The first kappa shape index (κ1) is 25.4. The van der Waals surface area contributed by atoms with Crippen molar-refractivity contribution in [2.24, 2.45) is 0 Å². The van der Waals surface area contributed by atoms with Crippen molar-refractivity contribution in [2.45, 2.75) is 30.7 Å². The van der Waals surface area contributed by atoms with Crippen LogP contribution in [0, 0.1) is 0 Å². The van der Waals surface area contributed by atoms with Crippen LogP contribution in [0.2, 0.25) is 0 Å². The number of hydrogen-bond acceptors (Lipinski definition) is 7. The minimum Gasteiger partial charge on any atom is -0.495 e. The Morgan fingerprint density at radius 1 is 1.03 bits per heavy atom. The number of carbonyl (C=O) groups is 1. The summed E-state index contributed by atoms with van der Waals surface area (Å²) in [6, 6.07) is 16.2. The predicted molar refractivity (Wildman–Crippen MR) is 134 cm³/mol. The second-order valence-electron chi connectivity index (χ2n) is 8.23. The molecule has 11 heteroatoms. The van der Waals surface area contributed by atoms with Crippen LogP contribution in [0.25, 0.3) is 0 Å². The summed E-state index contributed by atoms with van der Waals surface area (Å²) < 4.78 is 39.9. The Balaban J connectivity index is 1.49. The summed E-state index contributed by atoms with van der Waals surface area (Å²) >= 11 is 0. The minimum absolute atomic E-state index is 0.00515. The Morgan fingerprint density at radius 3 is 2.50 bits per heavy atom. The molecule has 10 nitrogen and oxygen atoms in total. The van der Waals surface area contributed by atoms with Crippen molar-refractivity contribution in [3.05, 3.63) is 76.7 Å². The average Bonchev–Trinajstić information content (AvgIpc) is 2.90. The molecule has 190 valence electrons. The normalized spacial score (nSPS) is 14.2. The number of nitrogens with zero attached hydrogens (tertiary/aromatic N) is 3. The van der Waals surface area contributed by atoms with Crippen molar-refractivity contribution in [2.75, 3.05) is 32.1 Å². The van der Waals surface area contributed by atoms with Crippen LogP contribution in [0.15, 0.2) is 70.4 Å². The molecule has 1 N–H and O–H groups in total. The van der Waals surface area contributed by atoms with Crippen molar-refractivity contribution in [1.82, 2.24) is 14.1 Å². The maximum atomic E-state index is 13.2. The summed E-state index contributed by atoms with van der Waals surface area (Å²) in [5, 5.41) is 6.81. The number of methoxy groups -OCH3 is 1. The van der Waals surface area contributed by atoms with Crippen molar-refractivity contribution in [1.29, 1.82) is 0 Å². The highest BCUT2D eigenvalue weighted by atomic mass is 32.2. The summed E-state index contributed by atoms with van der Waals surface area (Å²) in [6.07, 6.45) is 2.60. The fourth-order valence-corrected chi connectivity index (χ4v) is 5.59. The van der Waals surface area contributed by atoms with Gasteiger partial charge in [0.15, 0.2) is 0 Å². The number of carbonyl (C=O) groups excluding carboxylic acids is 1. The molecule has 0 radical (unpaired) electrons. The lowest BCUT2D eigenvalue weighted by molar-refractivity contribution is 0.101. The molecule has 2 aromatic carbocycles. The molecule has 0 spiro atoms. The number of rotatable bonds is 9. The van der Waals surface area contributed by atoms with Gasteiger partial charge in [-0.05, 0) is 49.2 Å². The Labute approximate surface area is 209 Å². The summed E-state index contributed by atoms with van der Waals surface area (Å²) in [7, 11) is -2.39. The van der Waals surface area contributed by atoms with E-state index < -0.39 is 15.9 Å². The molecule has 1 aromatic heterocycles. The summed E-state index contributed by atoms with van der Waals surface area (Å²) in [5.74, 6) is 0.275. The molecule has 0 unspecified atom stereocenters. The number of benzene rings is 2. The molecule has 1 aliphatic rings. The quantitative estimate of drug-likeness (QED) is 0.468. The zero-order valence-electron chi connectivity index (χ0n) is 19.9. The third-order valence-electron chi connectivity index (χ3n) is 5.77. The zero-order valence-corrected chi connectivity index (χ0v) is 20.7. The van der Waals surface area contributed by atoms with E-state index in [0.29, 0.717) is 18.8 Å². The van der Waals surface area contributed by atoms with Gasteiger partial charge in [-0.25, -0.2) is 13.1 Å². The number of hydrogen-bond donors (Lipinski definition) is 1. The van der Waals surface area contributed by atoms with Crippen LogP contribution in [-0.4, -0.2) is 55.2 Å². The summed E-state index contributed by atoms with van der Waals surface area (Å²) in [5.41, 5.74) is -0.100. The highest BCUT2D eigenvalue weighted by Gasteiger charge is 2.29. The Morgan fingerprint density at radius 2 is 1.78 bits per heavy atom. The molecule has 3 aromatic rings. The SMILES string of the molecule is COc1ccc(NC(=O)c2ccc(=O)n(CCOc3ccccc3)n2)cc1S(=O)(=O)N1CCCCC1. The van der Waals surface area contributed by atoms with Gasteiger partial charge in [-0.1, -0.05) is 24.6 Å². The maximum absolute atomic E-state index is 13.2. The van der Waals surface area contributed by atoms with Crippen molar-refractivity contribution in [3.63, 3.8) is 0 Å². The third-order valence-corrected chi connectivity index (χ3v) is 7.69. The topological polar surface area (TPSA) is 120 Å². The molecule has 1 fully saturated rings. The Hall–Kier alpha value is -3.70. The van der Waals surface area contributed by atoms with Crippen LogP contribution in [0.4, 0.5) is 5.69 Å². The van der Waals surface area contributed by atoms with E-state index in [1.165, 1.54) is 35.7 Å². The zero-order chi connectivity index (χ0) is 25.5. The Bertz CT molecular complexity index is 1370. The number of aromatic nitrogens is 2. The fourth-order valence-electron chi connectivity index (χ4n) is 3.89.